The first-order valence-electron chi connectivity index (χ1n) is 5.54. The lowest BCUT2D eigenvalue weighted by Gasteiger charge is -2.02. The third-order valence-corrected chi connectivity index (χ3v) is 3.21. The highest BCUT2D eigenvalue weighted by Gasteiger charge is 2.08. The van der Waals surface area contributed by atoms with Crippen LogP contribution in [0.1, 0.15) is 16.1 Å². The minimum Gasteiger partial charge on any atom is -0.301 e. The zero-order chi connectivity index (χ0) is 13.8. The van der Waals surface area contributed by atoms with Crippen LogP contribution in [0.15, 0.2) is 40.3 Å². The fraction of sp³-hybridized carbons (Fsp3) is 0.154. The smallest absolute Gasteiger partial charge is 0.251 e. The van der Waals surface area contributed by atoms with Crippen molar-refractivity contribution in [2.45, 2.75) is 12.1 Å². The number of aryl methyl sites for hydroxylation is 1. The van der Waals surface area contributed by atoms with Crippen LogP contribution in [0.5, 0.6) is 0 Å². The summed E-state index contributed by atoms with van der Waals surface area (Å²) in [6, 6.07) is 6.88. The van der Waals surface area contributed by atoms with E-state index in [1.54, 1.807) is 13.0 Å². The molecule has 0 saturated carbocycles. The van der Waals surface area contributed by atoms with E-state index in [9.17, 15) is 14.0 Å². The number of carbonyl (C=O) groups is 1. The van der Waals surface area contributed by atoms with E-state index in [1.165, 1.54) is 24.3 Å². The van der Waals surface area contributed by atoms with Gasteiger partial charge in [0.2, 0.25) is 0 Å². The molecule has 4 nitrogen and oxygen atoms in total. The average Bonchev–Trinajstić information content (AvgIpc) is 2.35. The van der Waals surface area contributed by atoms with Gasteiger partial charge in [-0.15, -0.1) is 0 Å². The van der Waals surface area contributed by atoms with E-state index in [0.717, 1.165) is 11.8 Å². The van der Waals surface area contributed by atoms with Gasteiger partial charge in [0.15, 0.2) is 10.9 Å². The molecular weight excluding hydrogens is 267 g/mol. The van der Waals surface area contributed by atoms with E-state index in [4.69, 9.17) is 0 Å². The molecule has 6 heteroatoms. The van der Waals surface area contributed by atoms with E-state index in [2.05, 4.69) is 9.97 Å². The first-order chi connectivity index (χ1) is 9.04. The van der Waals surface area contributed by atoms with Crippen LogP contribution in [0, 0.1) is 12.7 Å². The van der Waals surface area contributed by atoms with Gasteiger partial charge in [0.25, 0.3) is 5.56 Å². The van der Waals surface area contributed by atoms with Gasteiger partial charge >= 0.3 is 0 Å². The fourth-order valence-corrected chi connectivity index (χ4v) is 2.31. The Bertz CT molecular complexity index is 670. The summed E-state index contributed by atoms with van der Waals surface area (Å²) in [5, 5.41) is 0.384. The van der Waals surface area contributed by atoms with Crippen molar-refractivity contribution >= 4 is 17.5 Å². The minimum absolute atomic E-state index is 0.0931. The number of carbonyl (C=O) groups excluding carboxylic acids is 1. The summed E-state index contributed by atoms with van der Waals surface area (Å²) in [6.45, 7) is 1.70. The summed E-state index contributed by atoms with van der Waals surface area (Å²) < 4.78 is 13.0. The Morgan fingerprint density at radius 1 is 1.42 bits per heavy atom. The van der Waals surface area contributed by atoms with Crippen molar-refractivity contribution in [1.82, 2.24) is 9.97 Å². The van der Waals surface area contributed by atoms with Gasteiger partial charge < -0.3 is 4.98 Å². The number of aromatic nitrogens is 2. The van der Waals surface area contributed by atoms with Crippen LogP contribution >= 0.6 is 11.8 Å². The largest absolute Gasteiger partial charge is 0.301 e. The number of Topliss-reactive ketones (excluding diaryl/α,β-unsaturated/α-hetero) is 1. The Balaban J connectivity index is 2.06. The van der Waals surface area contributed by atoms with E-state index in [-0.39, 0.29) is 17.1 Å². The topological polar surface area (TPSA) is 62.8 Å². The minimum atomic E-state index is -0.446. The SMILES string of the molecule is Cc1cc(=O)[nH]c(SCC(=O)c2cccc(F)c2)n1. The molecule has 0 atom stereocenters. The summed E-state index contributed by atoms with van der Waals surface area (Å²) in [5.74, 6) is -0.567. The summed E-state index contributed by atoms with van der Waals surface area (Å²) in [7, 11) is 0. The Labute approximate surface area is 113 Å². The number of hydrogen-bond donors (Lipinski definition) is 1. The van der Waals surface area contributed by atoms with Gasteiger partial charge in [-0.05, 0) is 19.1 Å². The molecule has 0 spiro atoms. The van der Waals surface area contributed by atoms with Gasteiger partial charge in [-0.25, -0.2) is 9.37 Å². The molecule has 0 aliphatic heterocycles. The van der Waals surface area contributed by atoms with Crippen LogP contribution in [0.4, 0.5) is 4.39 Å². The van der Waals surface area contributed by atoms with Gasteiger partial charge in [-0.3, -0.25) is 9.59 Å². The van der Waals surface area contributed by atoms with Crippen LogP contribution in [-0.4, -0.2) is 21.5 Å². The first kappa shape index (κ1) is 13.5. The molecule has 2 rings (SSSR count). The average molecular weight is 278 g/mol. The summed E-state index contributed by atoms with van der Waals surface area (Å²) >= 11 is 1.12. The molecule has 98 valence electrons. The predicted octanol–water partition coefficient (Wildman–Crippen LogP) is 2.19. The molecule has 0 aliphatic rings. The third kappa shape index (κ3) is 3.75. The lowest BCUT2D eigenvalue weighted by molar-refractivity contribution is 0.102. The van der Waals surface area contributed by atoms with E-state index in [0.29, 0.717) is 16.4 Å². The first-order valence-corrected chi connectivity index (χ1v) is 6.53. The van der Waals surface area contributed by atoms with Crippen molar-refractivity contribution in [3.05, 3.63) is 57.8 Å². The maximum Gasteiger partial charge on any atom is 0.251 e. The number of rotatable bonds is 4. The monoisotopic (exact) mass is 278 g/mol. The van der Waals surface area contributed by atoms with E-state index >= 15 is 0 Å². The van der Waals surface area contributed by atoms with Crippen LogP contribution in [0.3, 0.4) is 0 Å². The lowest BCUT2D eigenvalue weighted by atomic mass is 10.1. The van der Waals surface area contributed by atoms with Crippen molar-refractivity contribution in [3.8, 4) is 0 Å². The Kier molecular flexibility index (Phi) is 4.11. The highest BCUT2D eigenvalue weighted by molar-refractivity contribution is 7.99. The molecule has 19 heavy (non-hydrogen) atoms. The standard InChI is InChI=1S/C13H11FN2O2S/c1-8-5-12(18)16-13(15-8)19-7-11(17)9-3-2-4-10(14)6-9/h2-6H,7H2,1H3,(H,15,16,18). The van der Waals surface area contributed by atoms with Gasteiger partial charge in [0, 0.05) is 17.3 Å². The zero-order valence-corrected chi connectivity index (χ0v) is 11.0. The number of benzene rings is 1. The molecule has 0 bridgehead atoms. The molecule has 0 fully saturated rings. The van der Waals surface area contributed by atoms with Crippen LogP contribution in [0.2, 0.25) is 0 Å². The second-order valence-electron chi connectivity index (χ2n) is 3.91. The van der Waals surface area contributed by atoms with Crippen LogP contribution in [0.25, 0.3) is 0 Å². The highest BCUT2D eigenvalue weighted by Crippen LogP contribution is 2.14. The molecule has 0 saturated heterocycles. The Morgan fingerprint density at radius 2 is 2.21 bits per heavy atom. The molecule has 1 aromatic heterocycles. The molecule has 1 N–H and O–H groups in total. The molecule has 1 heterocycles. The number of thioether (sulfide) groups is 1. The second kappa shape index (κ2) is 5.79. The van der Waals surface area contributed by atoms with Gasteiger partial charge in [0.1, 0.15) is 5.82 Å². The Hall–Kier alpha value is -1.95. The van der Waals surface area contributed by atoms with Crippen LogP contribution < -0.4 is 5.56 Å². The lowest BCUT2D eigenvalue weighted by Crippen LogP contribution is -2.10. The van der Waals surface area contributed by atoms with Crippen molar-refractivity contribution in [2.75, 3.05) is 5.75 Å². The summed E-state index contributed by atoms with van der Waals surface area (Å²) in [5.41, 5.74) is 0.639. The van der Waals surface area contributed by atoms with Crippen LogP contribution in [-0.2, 0) is 0 Å². The van der Waals surface area contributed by atoms with Crippen molar-refractivity contribution in [2.24, 2.45) is 0 Å². The molecule has 0 aliphatic carbocycles. The van der Waals surface area contributed by atoms with Crippen molar-refractivity contribution in [3.63, 3.8) is 0 Å². The third-order valence-electron chi connectivity index (χ3n) is 2.33. The Morgan fingerprint density at radius 3 is 2.89 bits per heavy atom. The van der Waals surface area contributed by atoms with Crippen molar-refractivity contribution in [1.29, 1.82) is 0 Å². The van der Waals surface area contributed by atoms with Gasteiger partial charge in [-0.2, -0.15) is 0 Å². The summed E-state index contributed by atoms with van der Waals surface area (Å²) in [6.07, 6.45) is 0. The number of hydrogen-bond acceptors (Lipinski definition) is 4. The fourth-order valence-electron chi connectivity index (χ4n) is 1.50. The molecule has 2 aromatic rings. The molecule has 0 amide bonds. The number of H-pyrrole nitrogens is 1. The zero-order valence-electron chi connectivity index (χ0n) is 10.1. The second-order valence-corrected chi connectivity index (χ2v) is 4.88. The van der Waals surface area contributed by atoms with E-state index in [1.807, 2.05) is 0 Å². The number of halogens is 1. The highest BCUT2D eigenvalue weighted by atomic mass is 32.2. The molecule has 0 unspecified atom stereocenters. The quantitative estimate of drug-likeness (QED) is 0.529. The molecule has 0 radical (unpaired) electrons. The normalized spacial score (nSPS) is 10.4. The number of aromatic amines is 1. The maximum atomic E-state index is 13.0. The number of ketones is 1. The maximum absolute atomic E-state index is 13.0. The number of nitrogens with zero attached hydrogens (tertiary/aromatic N) is 1. The molecule has 1 aromatic carbocycles. The van der Waals surface area contributed by atoms with Gasteiger partial charge in [0.05, 0.1) is 5.75 Å². The van der Waals surface area contributed by atoms with E-state index < -0.39 is 5.82 Å². The molecular formula is C13H11FN2O2S. The number of nitrogens with one attached hydrogen (secondary N) is 1. The predicted molar refractivity (Wildman–Crippen MR) is 71.0 cm³/mol. The van der Waals surface area contributed by atoms with Gasteiger partial charge in [-0.1, -0.05) is 23.9 Å². The van der Waals surface area contributed by atoms with Crippen molar-refractivity contribution < 1.29 is 9.18 Å². The summed E-state index contributed by atoms with van der Waals surface area (Å²) in [4.78, 5) is 29.7.